The molecule has 3 N–H and O–H groups in total. The molecule has 0 saturated heterocycles. The van der Waals surface area contributed by atoms with E-state index in [1.807, 2.05) is 11.5 Å². The van der Waals surface area contributed by atoms with E-state index in [2.05, 4.69) is 15.5 Å². The van der Waals surface area contributed by atoms with E-state index in [4.69, 9.17) is 5.73 Å². The minimum Gasteiger partial charge on any atom is -0.348 e. The zero-order valence-corrected chi connectivity index (χ0v) is 10.1. The van der Waals surface area contributed by atoms with Gasteiger partial charge in [0.2, 0.25) is 5.91 Å². The van der Waals surface area contributed by atoms with E-state index in [-0.39, 0.29) is 11.3 Å². The Labute approximate surface area is 101 Å². The molecule has 0 aromatic carbocycles. The zero-order chi connectivity index (χ0) is 12.3. The minimum absolute atomic E-state index is 0.0527. The highest BCUT2D eigenvalue weighted by atomic mass is 16.2. The third kappa shape index (κ3) is 2.17. The second kappa shape index (κ2) is 4.83. The summed E-state index contributed by atoms with van der Waals surface area (Å²) < 4.78 is 1.91. The Morgan fingerprint density at radius 2 is 2.41 bits per heavy atom. The van der Waals surface area contributed by atoms with Crippen LogP contribution < -0.4 is 11.1 Å². The molecule has 0 bridgehead atoms. The number of aryl methyl sites for hydroxylation is 1. The number of rotatable bonds is 5. The first-order valence-electron chi connectivity index (χ1n) is 6.07. The number of hydrogen-bond acceptors (Lipinski definition) is 4. The van der Waals surface area contributed by atoms with Crippen LogP contribution in [-0.4, -0.2) is 27.2 Å². The molecule has 0 spiro atoms. The van der Waals surface area contributed by atoms with Crippen LogP contribution in [0.3, 0.4) is 0 Å². The van der Waals surface area contributed by atoms with Gasteiger partial charge in [-0.2, -0.15) is 0 Å². The molecule has 0 aliphatic heterocycles. The summed E-state index contributed by atoms with van der Waals surface area (Å²) in [7, 11) is 0. The van der Waals surface area contributed by atoms with Gasteiger partial charge < -0.3 is 15.6 Å². The number of nitrogens with two attached hydrogens (primary N) is 1. The highest BCUT2D eigenvalue weighted by molar-refractivity contribution is 5.83. The number of carbonyl (C=O) groups is 1. The highest BCUT2D eigenvalue weighted by Gasteiger charge is 2.42. The molecule has 1 amide bonds. The van der Waals surface area contributed by atoms with Gasteiger partial charge >= 0.3 is 0 Å². The van der Waals surface area contributed by atoms with Crippen molar-refractivity contribution in [2.24, 2.45) is 11.1 Å². The molecule has 17 heavy (non-hydrogen) atoms. The van der Waals surface area contributed by atoms with Crippen molar-refractivity contribution in [2.75, 3.05) is 6.54 Å². The number of nitrogens with one attached hydrogen (secondary N) is 1. The molecular formula is C11H19N5O. The van der Waals surface area contributed by atoms with Gasteiger partial charge in [0.25, 0.3) is 0 Å². The van der Waals surface area contributed by atoms with E-state index >= 15 is 0 Å². The molecule has 94 valence electrons. The first-order valence-corrected chi connectivity index (χ1v) is 6.07. The van der Waals surface area contributed by atoms with Gasteiger partial charge in [0.05, 0.1) is 12.0 Å². The lowest BCUT2D eigenvalue weighted by atomic mass is 9.68. The summed E-state index contributed by atoms with van der Waals surface area (Å²) in [6, 6.07) is 0. The van der Waals surface area contributed by atoms with Crippen molar-refractivity contribution in [3.05, 3.63) is 12.2 Å². The van der Waals surface area contributed by atoms with E-state index in [9.17, 15) is 4.79 Å². The van der Waals surface area contributed by atoms with Crippen LogP contribution in [0.4, 0.5) is 0 Å². The van der Waals surface area contributed by atoms with Crippen LogP contribution in [0.2, 0.25) is 0 Å². The van der Waals surface area contributed by atoms with Gasteiger partial charge in [0, 0.05) is 13.1 Å². The molecule has 1 aliphatic carbocycles. The summed E-state index contributed by atoms with van der Waals surface area (Å²) in [5.41, 5.74) is 5.36. The molecule has 1 saturated carbocycles. The van der Waals surface area contributed by atoms with Crippen LogP contribution in [0, 0.1) is 5.41 Å². The molecular weight excluding hydrogens is 218 g/mol. The summed E-state index contributed by atoms with van der Waals surface area (Å²) >= 11 is 0. The number of hydrogen-bond donors (Lipinski definition) is 2. The smallest absolute Gasteiger partial charge is 0.227 e. The molecule has 2 rings (SSSR count). The molecule has 6 heteroatoms. The van der Waals surface area contributed by atoms with E-state index in [1.165, 1.54) is 0 Å². The van der Waals surface area contributed by atoms with Crippen molar-refractivity contribution in [1.29, 1.82) is 0 Å². The number of nitrogens with zero attached hydrogens (tertiary/aromatic N) is 3. The minimum atomic E-state index is -0.322. The molecule has 1 aromatic heterocycles. The predicted molar refractivity (Wildman–Crippen MR) is 62.9 cm³/mol. The Hall–Kier alpha value is -1.43. The van der Waals surface area contributed by atoms with Crippen LogP contribution in [0.1, 0.15) is 32.0 Å². The standard InChI is InChI=1S/C11H19N5O/c1-2-16-8-14-15-9(16)6-13-10(17)11(7-12)4-3-5-11/h8H,2-7,12H2,1H3,(H,13,17). The Bertz CT molecular complexity index is 391. The molecule has 6 nitrogen and oxygen atoms in total. The van der Waals surface area contributed by atoms with Crippen LogP contribution in [0.5, 0.6) is 0 Å². The summed E-state index contributed by atoms with van der Waals surface area (Å²) in [6.07, 6.45) is 4.56. The second-order valence-electron chi connectivity index (χ2n) is 4.55. The van der Waals surface area contributed by atoms with Crippen molar-refractivity contribution < 1.29 is 4.79 Å². The quantitative estimate of drug-likeness (QED) is 0.757. The summed E-state index contributed by atoms with van der Waals surface area (Å²) in [4.78, 5) is 12.0. The monoisotopic (exact) mass is 237 g/mol. The van der Waals surface area contributed by atoms with Crippen molar-refractivity contribution in [1.82, 2.24) is 20.1 Å². The fourth-order valence-corrected chi connectivity index (χ4v) is 2.15. The summed E-state index contributed by atoms with van der Waals surface area (Å²) in [5.74, 6) is 0.837. The van der Waals surface area contributed by atoms with Crippen molar-refractivity contribution >= 4 is 5.91 Å². The van der Waals surface area contributed by atoms with E-state index in [1.54, 1.807) is 6.33 Å². The van der Waals surface area contributed by atoms with Crippen molar-refractivity contribution in [3.63, 3.8) is 0 Å². The first-order chi connectivity index (χ1) is 8.22. The average molecular weight is 237 g/mol. The zero-order valence-electron chi connectivity index (χ0n) is 10.1. The van der Waals surface area contributed by atoms with Crippen LogP contribution in [0.15, 0.2) is 6.33 Å². The number of aromatic nitrogens is 3. The van der Waals surface area contributed by atoms with Gasteiger partial charge in [-0.1, -0.05) is 6.42 Å². The lowest BCUT2D eigenvalue weighted by Gasteiger charge is -2.39. The molecule has 1 aromatic rings. The number of amides is 1. The van der Waals surface area contributed by atoms with E-state index in [0.717, 1.165) is 31.6 Å². The van der Waals surface area contributed by atoms with Gasteiger partial charge in [-0.25, -0.2) is 0 Å². The van der Waals surface area contributed by atoms with Crippen molar-refractivity contribution in [3.8, 4) is 0 Å². The Morgan fingerprint density at radius 1 is 1.65 bits per heavy atom. The second-order valence-corrected chi connectivity index (χ2v) is 4.55. The average Bonchev–Trinajstić information content (AvgIpc) is 2.72. The van der Waals surface area contributed by atoms with Gasteiger partial charge in [0.1, 0.15) is 6.33 Å². The van der Waals surface area contributed by atoms with E-state index in [0.29, 0.717) is 13.1 Å². The molecule has 0 atom stereocenters. The van der Waals surface area contributed by atoms with E-state index < -0.39 is 0 Å². The molecule has 1 fully saturated rings. The van der Waals surface area contributed by atoms with Crippen LogP contribution >= 0.6 is 0 Å². The predicted octanol–water partition coefficient (Wildman–Crippen LogP) is 0.0432. The summed E-state index contributed by atoms with van der Waals surface area (Å²) in [6.45, 7) is 3.68. The van der Waals surface area contributed by atoms with Gasteiger partial charge in [0.15, 0.2) is 5.82 Å². The number of carbonyl (C=O) groups excluding carboxylic acids is 1. The molecule has 0 unspecified atom stereocenters. The van der Waals surface area contributed by atoms with Gasteiger partial charge in [-0.05, 0) is 19.8 Å². The maximum absolute atomic E-state index is 12.0. The fraction of sp³-hybridized carbons (Fsp3) is 0.727. The SMILES string of the molecule is CCn1cnnc1CNC(=O)C1(CN)CCC1. The van der Waals surface area contributed by atoms with Crippen molar-refractivity contribution in [2.45, 2.75) is 39.3 Å². The van der Waals surface area contributed by atoms with Gasteiger partial charge in [-0.15, -0.1) is 10.2 Å². The first kappa shape index (κ1) is 12.0. The Morgan fingerprint density at radius 3 is 2.94 bits per heavy atom. The summed E-state index contributed by atoms with van der Waals surface area (Å²) in [5, 5.41) is 10.7. The molecule has 1 aliphatic rings. The Kier molecular flexibility index (Phi) is 3.42. The molecule has 0 radical (unpaired) electrons. The maximum Gasteiger partial charge on any atom is 0.227 e. The van der Waals surface area contributed by atoms with Gasteiger partial charge in [-0.3, -0.25) is 4.79 Å². The lowest BCUT2D eigenvalue weighted by Crippen LogP contribution is -2.50. The Balaban J connectivity index is 1.92. The lowest BCUT2D eigenvalue weighted by molar-refractivity contribution is -0.135. The van der Waals surface area contributed by atoms with Crippen LogP contribution in [0.25, 0.3) is 0 Å². The topological polar surface area (TPSA) is 85.8 Å². The third-order valence-corrected chi connectivity index (χ3v) is 3.63. The highest BCUT2D eigenvalue weighted by Crippen LogP contribution is 2.39. The third-order valence-electron chi connectivity index (χ3n) is 3.63. The molecule has 1 heterocycles. The fourth-order valence-electron chi connectivity index (χ4n) is 2.15. The van der Waals surface area contributed by atoms with Crippen LogP contribution in [-0.2, 0) is 17.9 Å². The normalized spacial score (nSPS) is 17.5. The largest absolute Gasteiger partial charge is 0.348 e. The maximum atomic E-state index is 12.0.